The maximum Gasteiger partial charge on any atom is 0.0131 e. The molecule has 0 radical (unpaired) electrons. The molecule has 2 aliphatic heterocycles. The molecule has 12 heavy (non-hydrogen) atoms. The van der Waals surface area contributed by atoms with E-state index in [-0.39, 0.29) is 0 Å². The van der Waals surface area contributed by atoms with Crippen LogP contribution >= 0.6 is 0 Å². The zero-order chi connectivity index (χ0) is 8.93. The summed E-state index contributed by atoms with van der Waals surface area (Å²) in [6.07, 6.45) is 4.34. The quantitative estimate of drug-likeness (QED) is 0.536. The topological polar surface area (TPSA) is 3.24 Å². The Labute approximate surface area is 76.1 Å². The van der Waals surface area contributed by atoms with Gasteiger partial charge >= 0.3 is 0 Å². The summed E-state index contributed by atoms with van der Waals surface area (Å²) in [5.41, 5.74) is 0.399. The van der Waals surface area contributed by atoms with Crippen LogP contribution in [0.3, 0.4) is 0 Å². The summed E-state index contributed by atoms with van der Waals surface area (Å²) in [5, 5.41) is 0. The van der Waals surface area contributed by atoms with Gasteiger partial charge in [0.2, 0.25) is 0 Å². The van der Waals surface area contributed by atoms with Crippen molar-refractivity contribution in [3.8, 4) is 0 Å². The van der Waals surface area contributed by atoms with Crippen molar-refractivity contribution in [3.63, 3.8) is 0 Å². The largest absolute Gasteiger partial charge is 0.292 e. The summed E-state index contributed by atoms with van der Waals surface area (Å²) in [6.45, 7) is 9.49. The summed E-state index contributed by atoms with van der Waals surface area (Å²) < 4.78 is 0. The maximum absolute atomic E-state index is 2.76. The molecule has 1 heteroatoms. The van der Waals surface area contributed by atoms with Gasteiger partial charge in [-0.15, -0.1) is 0 Å². The lowest BCUT2D eigenvalue weighted by molar-refractivity contribution is 0.110. The van der Waals surface area contributed by atoms with E-state index in [1.165, 1.54) is 19.3 Å². The van der Waals surface area contributed by atoms with Gasteiger partial charge in [-0.1, -0.05) is 6.92 Å². The number of nitrogens with zero attached hydrogens (tertiary/aromatic N) is 1. The molecular formula is C11H21N. The first-order chi connectivity index (χ1) is 5.50. The first-order valence-corrected chi connectivity index (χ1v) is 5.28. The minimum absolute atomic E-state index is 0.399. The summed E-state index contributed by atoms with van der Waals surface area (Å²) >= 11 is 0. The van der Waals surface area contributed by atoms with Crippen LogP contribution in [-0.2, 0) is 0 Å². The third-order valence-electron chi connectivity index (χ3n) is 3.62. The van der Waals surface area contributed by atoms with Crippen LogP contribution in [0.4, 0.5) is 0 Å². The van der Waals surface area contributed by atoms with Gasteiger partial charge in [-0.2, -0.15) is 0 Å². The Kier molecular flexibility index (Phi) is 1.76. The zero-order valence-electron chi connectivity index (χ0n) is 8.80. The molecule has 0 saturated carbocycles. The molecule has 2 aliphatic rings. The van der Waals surface area contributed by atoms with E-state index in [0.29, 0.717) is 5.54 Å². The first kappa shape index (κ1) is 8.55. The van der Waals surface area contributed by atoms with E-state index in [2.05, 4.69) is 32.6 Å². The van der Waals surface area contributed by atoms with E-state index in [1.54, 1.807) is 0 Å². The minimum atomic E-state index is 0.399. The number of fused-ring (bicyclic) bond motifs is 2. The van der Waals surface area contributed by atoms with E-state index in [9.17, 15) is 0 Å². The standard InChI is InChI=1S/C11H21N/c1-8-7-9-5-6-10(8)12(9)11(2,3)4/h8-10H,5-7H2,1-4H3. The molecule has 0 aromatic carbocycles. The van der Waals surface area contributed by atoms with Gasteiger partial charge in [0.25, 0.3) is 0 Å². The van der Waals surface area contributed by atoms with Gasteiger partial charge in [0, 0.05) is 17.6 Å². The fourth-order valence-electron chi connectivity index (χ4n) is 3.33. The number of hydrogen-bond donors (Lipinski definition) is 0. The average Bonchev–Trinajstić information content (AvgIpc) is 2.39. The van der Waals surface area contributed by atoms with Gasteiger partial charge in [-0.05, 0) is 46.0 Å². The van der Waals surface area contributed by atoms with Crippen LogP contribution in [0.5, 0.6) is 0 Å². The molecule has 70 valence electrons. The highest BCUT2D eigenvalue weighted by Gasteiger charge is 2.48. The van der Waals surface area contributed by atoms with Crippen molar-refractivity contribution in [1.82, 2.24) is 4.90 Å². The molecular weight excluding hydrogens is 146 g/mol. The van der Waals surface area contributed by atoms with Crippen molar-refractivity contribution in [2.75, 3.05) is 0 Å². The Balaban J connectivity index is 2.19. The van der Waals surface area contributed by atoms with E-state index < -0.39 is 0 Å². The van der Waals surface area contributed by atoms with Crippen LogP contribution in [0.25, 0.3) is 0 Å². The number of hydrogen-bond acceptors (Lipinski definition) is 1. The molecule has 2 bridgehead atoms. The first-order valence-electron chi connectivity index (χ1n) is 5.28. The van der Waals surface area contributed by atoms with E-state index in [0.717, 1.165) is 18.0 Å². The third kappa shape index (κ3) is 1.10. The van der Waals surface area contributed by atoms with E-state index >= 15 is 0 Å². The Bertz CT molecular complexity index is 180. The second kappa shape index (κ2) is 2.47. The fraction of sp³-hybridized carbons (Fsp3) is 1.00. The monoisotopic (exact) mass is 167 g/mol. The molecule has 3 atom stereocenters. The highest BCUT2D eigenvalue weighted by atomic mass is 15.3. The van der Waals surface area contributed by atoms with Crippen LogP contribution in [0.2, 0.25) is 0 Å². The van der Waals surface area contributed by atoms with Gasteiger partial charge in [0.05, 0.1) is 0 Å². The maximum atomic E-state index is 2.76. The van der Waals surface area contributed by atoms with Crippen LogP contribution in [0, 0.1) is 5.92 Å². The van der Waals surface area contributed by atoms with Gasteiger partial charge < -0.3 is 0 Å². The molecule has 0 aromatic heterocycles. The number of rotatable bonds is 0. The van der Waals surface area contributed by atoms with Crippen molar-refractivity contribution >= 4 is 0 Å². The summed E-state index contributed by atoms with van der Waals surface area (Å²) in [7, 11) is 0. The van der Waals surface area contributed by atoms with E-state index in [1.807, 2.05) is 0 Å². The molecule has 2 rings (SSSR count). The smallest absolute Gasteiger partial charge is 0.0131 e. The molecule has 2 heterocycles. The predicted molar refractivity (Wildman–Crippen MR) is 52.2 cm³/mol. The van der Waals surface area contributed by atoms with Crippen molar-refractivity contribution in [3.05, 3.63) is 0 Å². The molecule has 2 saturated heterocycles. The molecule has 0 amide bonds. The summed E-state index contributed by atoms with van der Waals surface area (Å²) in [4.78, 5) is 2.76. The lowest BCUT2D eigenvalue weighted by Crippen LogP contribution is -2.45. The van der Waals surface area contributed by atoms with Crippen LogP contribution < -0.4 is 0 Å². The molecule has 0 N–H and O–H groups in total. The summed E-state index contributed by atoms with van der Waals surface area (Å²) in [5.74, 6) is 0.947. The fourth-order valence-corrected chi connectivity index (χ4v) is 3.33. The van der Waals surface area contributed by atoms with E-state index in [4.69, 9.17) is 0 Å². The SMILES string of the molecule is CC1CC2CCC1N2C(C)(C)C. The van der Waals surface area contributed by atoms with Crippen LogP contribution in [0.1, 0.15) is 47.0 Å². The van der Waals surface area contributed by atoms with Crippen LogP contribution in [-0.4, -0.2) is 22.5 Å². The second-order valence-corrected chi connectivity index (χ2v) is 5.59. The highest BCUT2D eigenvalue weighted by Crippen LogP contribution is 2.45. The Morgan fingerprint density at radius 2 is 1.83 bits per heavy atom. The average molecular weight is 167 g/mol. The van der Waals surface area contributed by atoms with Crippen molar-refractivity contribution in [2.45, 2.75) is 64.6 Å². The van der Waals surface area contributed by atoms with Crippen LogP contribution in [0.15, 0.2) is 0 Å². The minimum Gasteiger partial charge on any atom is -0.292 e. The molecule has 0 aromatic rings. The zero-order valence-corrected chi connectivity index (χ0v) is 8.80. The van der Waals surface area contributed by atoms with Gasteiger partial charge in [-0.3, -0.25) is 4.90 Å². The normalized spacial score (nSPS) is 42.5. The van der Waals surface area contributed by atoms with Gasteiger partial charge in [-0.25, -0.2) is 0 Å². The summed E-state index contributed by atoms with van der Waals surface area (Å²) in [6, 6.07) is 1.81. The van der Waals surface area contributed by atoms with Crippen molar-refractivity contribution < 1.29 is 0 Å². The third-order valence-corrected chi connectivity index (χ3v) is 3.62. The molecule has 0 spiro atoms. The van der Waals surface area contributed by atoms with Crippen molar-refractivity contribution in [1.29, 1.82) is 0 Å². The van der Waals surface area contributed by atoms with Gasteiger partial charge in [0.15, 0.2) is 0 Å². The second-order valence-electron chi connectivity index (χ2n) is 5.59. The Hall–Kier alpha value is -0.0400. The molecule has 1 nitrogen and oxygen atoms in total. The molecule has 3 unspecified atom stereocenters. The molecule has 2 fully saturated rings. The lowest BCUT2D eigenvalue weighted by atomic mass is 9.91. The molecule has 0 aliphatic carbocycles. The highest BCUT2D eigenvalue weighted by molar-refractivity contribution is 5.03. The Morgan fingerprint density at radius 1 is 1.17 bits per heavy atom. The lowest BCUT2D eigenvalue weighted by Gasteiger charge is -2.36. The predicted octanol–water partition coefficient (Wildman–Crippen LogP) is 2.66. The van der Waals surface area contributed by atoms with Gasteiger partial charge in [0.1, 0.15) is 0 Å². The Morgan fingerprint density at radius 3 is 2.08 bits per heavy atom. The van der Waals surface area contributed by atoms with Crippen molar-refractivity contribution in [2.24, 2.45) is 5.92 Å².